The van der Waals surface area contributed by atoms with E-state index in [4.69, 9.17) is 9.90 Å². The molecule has 0 radical (unpaired) electrons. The van der Waals surface area contributed by atoms with Crippen molar-refractivity contribution in [1.82, 2.24) is 19.4 Å². The summed E-state index contributed by atoms with van der Waals surface area (Å²) in [6, 6.07) is 0.954. The molecule has 1 N–H and O–H groups in total. The highest BCUT2D eigenvalue weighted by Crippen LogP contribution is 2.41. The molecule has 2 aliphatic heterocycles. The highest BCUT2D eigenvalue weighted by atomic mass is 16.3. The number of carbonyl (C=O) groups is 2. The maximum absolute atomic E-state index is 13.2. The SMILES string of the molecule is CC(C)N1CCCC2(CCCN2Cc2nccn2C2CC2)C1=O.O=CO. The standard InChI is InChI=1S/C18H28N4O.CH2O2/c1-14(2)21-11-4-8-18(17(21)23)7-3-10-20(18)13-16-19-9-12-22(16)15-5-6-15;2-1-3/h9,12,14-15H,3-8,10-11,13H2,1-2H3;1H,(H,2,3). The van der Waals surface area contributed by atoms with Gasteiger partial charge in [0.05, 0.1) is 6.54 Å². The van der Waals surface area contributed by atoms with Gasteiger partial charge in [-0.3, -0.25) is 14.5 Å². The third-order valence-corrected chi connectivity index (χ3v) is 5.92. The number of carbonyl (C=O) groups excluding carboxylic acids is 1. The third kappa shape index (κ3) is 3.49. The van der Waals surface area contributed by atoms with Crippen molar-refractivity contribution in [2.45, 2.75) is 76.5 Å². The molecule has 3 heterocycles. The van der Waals surface area contributed by atoms with E-state index in [2.05, 4.69) is 39.4 Å². The molecule has 1 atom stereocenters. The maximum atomic E-state index is 13.2. The summed E-state index contributed by atoms with van der Waals surface area (Å²) < 4.78 is 2.33. The van der Waals surface area contributed by atoms with Crippen molar-refractivity contribution < 1.29 is 14.7 Å². The average molecular weight is 362 g/mol. The van der Waals surface area contributed by atoms with Gasteiger partial charge in [0.1, 0.15) is 11.4 Å². The van der Waals surface area contributed by atoms with Crippen molar-refractivity contribution in [3.63, 3.8) is 0 Å². The van der Waals surface area contributed by atoms with Crippen LogP contribution in [0.25, 0.3) is 0 Å². The van der Waals surface area contributed by atoms with Crippen molar-refractivity contribution in [2.75, 3.05) is 13.1 Å². The van der Waals surface area contributed by atoms with Crippen LogP contribution in [0.5, 0.6) is 0 Å². The number of likely N-dealkylation sites (tertiary alicyclic amines) is 2. The van der Waals surface area contributed by atoms with Gasteiger partial charge in [-0.2, -0.15) is 0 Å². The van der Waals surface area contributed by atoms with Crippen molar-refractivity contribution >= 4 is 12.4 Å². The van der Waals surface area contributed by atoms with Crippen molar-refractivity contribution in [2.24, 2.45) is 0 Å². The van der Waals surface area contributed by atoms with Crippen LogP contribution in [0.15, 0.2) is 12.4 Å². The Kier molecular flexibility index (Phi) is 5.65. The number of carboxylic acid groups (broad SMARTS) is 1. The Morgan fingerprint density at radius 2 is 1.96 bits per heavy atom. The van der Waals surface area contributed by atoms with Crippen LogP contribution in [0.4, 0.5) is 0 Å². The summed E-state index contributed by atoms with van der Waals surface area (Å²) in [7, 11) is 0. The zero-order chi connectivity index (χ0) is 18.7. The molecule has 1 amide bonds. The van der Waals surface area contributed by atoms with Gasteiger partial charge in [0.15, 0.2) is 0 Å². The summed E-state index contributed by atoms with van der Waals surface area (Å²) in [6.45, 7) is 6.78. The fraction of sp³-hybridized carbons (Fsp3) is 0.737. The summed E-state index contributed by atoms with van der Waals surface area (Å²) in [5, 5.41) is 6.89. The van der Waals surface area contributed by atoms with E-state index in [-0.39, 0.29) is 12.0 Å². The molecule has 1 unspecified atom stereocenters. The minimum absolute atomic E-state index is 0.250. The van der Waals surface area contributed by atoms with E-state index in [1.165, 1.54) is 12.8 Å². The monoisotopic (exact) mass is 362 g/mol. The topological polar surface area (TPSA) is 78.7 Å². The normalized spacial score (nSPS) is 26.3. The highest BCUT2D eigenvalue weighted by Gasteiger charge is 2.51. The second-order valence-corrected chi connectivity index (χ2v) is 7.84. The van der Waals surface area contributed by atoms with Crippen LogP contribution in [0, 0.1) is 0 Å². The molecular weight excluding hydrogens is 332 g/mol. The zero-order valence-corrected chi connectivity index (χ0v) is 15.8. The number of aromatic nitrogens is 2. The molecule has 2 saturated heterocycles. The Bertz CT molecular complexity index is 640. The number of hydrogen-bond donors (Lipinski definition) is 1. The van der Waals surface area contributed by atoms with Crippen LogP contribution < -0.4 is 0 Å². The average Bonchev–Trinajstić information content (AvgIpc) is 3.22. The lowest BCUT2D eigenvalue weighted by Crippen LogP contribution is -2.61. The summed E-state index contributed by atoms with van der Waals surface area (Å²) >= 11 is 0. The van der Waals surface area contributed by atoms with Gasteiger partial charge < -0.3 is 14.6 Å². The molecule has 7 nitrogen and oxygen atoms in total. The van der Waals surface area contributed by atoms with Crippen LogP contribution in [-0.2, 0) is 16.1 Å². The predicted octanol–water partition coefficient (Wildman–Crippen LogP) is 2.28. The Labute approximate surface area is 155 Å². The van der Waals surface area contributed by atoms with E-state index in [0.717, 1.165) is 51.1 Å². The van der Waals surface area contributed by atoms with Crippen LogP contribution in [0.1, 0.15) is 64.2 Å². The minimum atomic E-state index is -0.261. The van der Waals surface area contributed by atoms with E-state index >= 15 is 0 Å². The van der Waals surface area contributed by atoms with Gasteiger partial charge in [0.25, 0.3) is 6.47 Å². The number of rotatable bonds is 4. The number of hydrogen-bond acceptors (Lipinski definition) is 4. The fourth-order valence-corrected chi connectivity index (χ4v) is 4.52. The van der Waals surface area contributed by atoms with E-state index in [1.807, 2.05) is 6.20 Å². The third-order valence-electron chi connectivity index (χ3n) is 5.92. The first-order valence-electron chi connectivity index (χ1n) is 9.69. The summed E-state index contributed by atoms with van der Waals surface area (Å²) in [5.41, 5.74) is -0.261. The zero-order valence-electron chi connectivity index (χ0n) is 15.8. The number of imidazole rings is 1. The molecule has 144 valence electrons. The van der Waals surface area contributed by atoms with Gasteiger partial charge in [-0.15, -0.1) is 0 Å². The molecular formula is C19H30N4O3. The Hall–Kier alpha value is -1.89. The molecule has 3 fully saturated rings. The van der Waals surface area contributed by atoms with E-state index in [9.17, 15) is 4.79 Å². The summed E-state index contributed by atoms with van der Waals surface area (Å²) in [4.78, 5) is 30.7. The second kappa shape index (κ2) is 7.78. The lowest BCUT2D eigenvalue weighted by Gasteiger charge is -2.46. The Morgan fingerprint density at radius 1 is 1.31 bits per heavy atom. The smallest absolute Gasteiger partial charge is 0.290 e. The van der Waals surface area contributed by atoms with E-state index in [0.29, 0.717) is 18.0 Å². The van der Waals surface area contributed by atoms with Crippen LogP contribution in [0.2, 0.25) is 0 Å². The molecule has 0 aromatic carbocycles. The Morgan fingerprint density at radius 3 is 2.58 bits per heavy atom. The van der Waals surface area contributed by atoms with Gasteiger partial charge in [-0.25, -0.2) is 4.98 Å². The van der Waals surface area contributed by atoms with Gasteiger partial charge in [-0.05, 0) is 58.9 Å². The lowest BCUT2D eigenvalue weighted by atomic mass is 9.84. The van der Waals surface area contributed by atoms with Crippen molar-refractivity contribution in [3.8, 4) is 0 Å². The fourth-order valence-electron chi connectivity index (χ4n) is 4.52. The molecule has 4 rings (SSSR count). The van der Waals surface area contributed by atoms with E-state index in [1.54, 1.807) is 0 Å². The molecule has 3 aliphatic rings. The first-order valence-corrected chi connectivity index (χ1v) is 9.69. The first kappa shape index (κ1) is 18.9. The number of nitrogens with zero attached hydrogens (tertiary/aromatic N) is 4. The van der Waals surface area contributed by atoms with Gasteiger partial charge >= 0.3 is 0 Å². The van der Waals surface area contributed by atoms with Crippen molar-refractivity contribution in [3.05, 3.63) is 18.2 Å². The van der Waals surface area contributed by atoms with Crippen LogP contribution >= 0.6 is 0 Å². The van der Waals surface area contributed by atoms with Crippen LogP contribution in [0.3, 0.4) is 0 Å². The highest BCUT2D eigenvalue weighted by molar-refractivity contribution is 5.87. The molecule has 7 heteroatoms. The maximum Gasteiger partial charge on any atom is 0.290 e. The number of amides is 1. The predicted molar refractivity (Wildman–Crippen MR) is 97.6 cm³/mol. The van der Waals surface area contributed by atoms with E-state index < -0.39 is 0 Å². The van der Waals surface area contributed by atoms with Gasteiger partial charge in [0, 0.05) is 31.0 Å². The molecule has 1 aromatic heterocycles. The van der Waals surface area contributed by atoms with Crippen LogP contribution in [-0.4, -0.2) is 61.5 Å². The number of piperidine rings is 1. The molecule has 1 aliphatic carbocycles. The second-order valence-electron chi connectivity index (χ2n) is 7.84. The molecule has 1 saturated carbocycles. The lowest BCUT2D eigenvalue weighted by molar-refractivity contribution is -0.150. The van der Waals surface area contributed by atoms with Crippen molar-refractivity contribution in [1.29, 1.82) is 0 Å². The largest absolute Gasteiger partial charge is 0.483 e. The van der Waals surface area contributed by atoms with Gasteiger partial charge in [0.2, 0.25) is 5.91 Å². The molecule has 26 heavy (non-hydrogen) atoms. The van der Waals surface area contributed by atoms with Gasteiger partial charge in [-0.1, -0.05) is 0 Å². The minimum Gasteiger partial charge on any atom is -0.483 e. The molecule has 1 spiro atoms. The molecule has 1 aromatic rings. The quantitative estimate of drug-likeness (QED) is 0.832. The molecule has 0 bridgehead atoms. The Balaban J connectivity index is 0.000000613. The first-order chi connectivity index (χ1) is 12.5. The summed E-state index contributed by atoms with van der Waals surface area (Å²) in [5.74, 6) is 1.50. The summed E-state index contributed by atoms with van der Waals surface area (Å²) in [6.07, 6.45) is 10.8.